The van der Waals surface area contributed by atoms with Crippen molar-refractivity contribution in [3.05, 3.63) is 90.9 Å². The van der Waals surface area contributed by atoms with Crippen molar-refractivity contribution in [3.8, 4) is 11.3 Å². The molecule has 160 valence electrons. The van der Waals surface area contributed by atoms with E-state index in [9.17, 15) is 0 Å². The Morgan fingerprint density at radius 3 is 2.73 bits per heavy atom. The van der Waals surface area contributed by atoms with Gasteiger partial charge in [-0.25, -0.2) is 19.3 Å². The average Bonchev–Trinajstić information content (AvgIpc) is 3.29. The molecule has 0 aliphatic rings. The molecule has 0 spiro atoms. The number of pyridine rings is 2. The third-order valence-electron chi connectivity index (χ3n) is 6.00. The molecule has 0 fully saturated rings. The molecule has 7 heteroatoms. The van der Waals surface area contributed by atoms with Gasteiger partial charge in [-0.15, -0.1) is 0 Å². The standard InChI is InChI=1S/C26H19FN6/c1-2-23(19-9-10-21-18(24(19)27)7-5-11-28-21)33-15-31-25-26(33)32-22(14-30-25)17-12-16-6-3-4-8-20(16)29-13-17/h3-15,23H,2H2,1H3. The van der Waals surface area contributed by atoms with Crippen molar-refractivity contribution in [1.82, 2.24) is 29.5 Å². The van der Waals surface area contributed by atoms with Gasteiger partial charge in [0.05, 0.1) is 35.3 Å². The van der Waals surface area contributed by atoms with Crippen LogP contribution in [0.5, 0.6) is 0 Å². The summed E-state index contributed by atoms with van der Waals surface area (Å²) in [5.41, 5.74) is 4.83. The van der Waals surface area contributed by atoms with Gasteiger partial charge in [0.2, 0.25) is 0 Å². The van der Waals surface area contributed by atoms with E-state index in [0.29, 0.717) is 39.9 Å². The quantitative estimate of drug-likeness (QED) is 0.354. The number of fused-ring (bicyclic) bond motifs is 3. The smallest absolute Gasteiger partial charge is 0.197 e. The maximum atomic E-state index is 15.5. The van der Waals surface area contributed by atoms with E-state index in [1.165, 1.54) is 0 Å². The fraction of sp³-hybridized carbons (Fsp3) is 0.115. The van der Waals surface area contributed by atoms with Crippen molar-refractivity contribution in [2.45, 2.75) is 19.4 Å². The normalized spacial score (nSPS) is 12.5. The number of halogens is 1. The first-order valence-electron chi connectivity index (χ1n) is 10.8. The van der Waals surface area contributed by atoms with Crippen LogP contribution in [0.2, 0.25) is 0 Å². The summed E-state index contributed by atoms with van der Waals surface area (Å²) in [4.78, 5) is 22.6. The molecule has 6 nitrogen and oxygen atoms in total. The Kier molecular flexibility index (Phi) is 4.54. The summed E-state index contributed by atoms with van der Waals surface area (Å²) in [6, 6.07) is 16.9. The van der Waals surface area contributed by atoms with Gasteiger partial charge >= 0.3 is 0 Å². The summed E-state index contributed by atoms with van der Waals surface area (Å²) < 4.78 is 17.4. The largest absolute Gasteiger partial charge is 0.306 e. The van der Waals surface area contributed by atoms with Crippen molar-refractivity contribution >= 4 is 33.1 Å². The van der Waals surface area contributed by atoms with Crippen molar-refractivity contribution in [2.75, 3.05) is 0 Å². The molecule has 0 N–H and O–H groups in total. The first-order valence-corrected chi connectivity index (χ1v) is 10.8. The lowest BCUT2D eigenvalue weighted by Crippen LogP contribution is -2.12. The summed E-state index contributed by atoms with van der Waals surface area (Å²) in [7, 11) is 0. The number of hydrogen-bond donors (Lipinski definition) is 0. The zero-order valence-corrected chi connectivity index (χ0v) is 17.9. The number of nitrogens with zero attached hydrogens (tertiary/aromatic N) is 6. The van der Waals surface area contributed by atoms with E-state index in [-0.39, 0.29) is 11.9 Å². The molecule has 6 rings (SSSR count). The minimum Gasteiger partial charge on any atom is -0.306 e. The van der Waals surface area contributed by atoms with Gasteiger partial charge in [0.1, 0.15) is 5.82 Å². The molecular weight excluding hydrogens is 415 g/mol. The molecule has 0 amide bonds. The van der Waals surface area contributed by atoms with Gasteiger partial charge < -0.3 is 4.57 Å². The minimum absolute atomic E-state index is 0.267. The Morgan fingerprint density at radius 2 is 1.82 bits per heavy atom. The summed E-state index contributed by atoms with van der Waals surface area (Å²) in [5, 5.41) is 1.54. The molecule has 0 saturated heterocycles. The molecule has 1 unspecified atom stereocenters. The fourth-order valence-electron chi connectivity index (χ4n) is 4.34. The van der Waals surface area contributed by atoms with Crippen LogP contribution in [0.3, 0.4) is 0 Å². The third-order valence-corrected chi connectivity index (χ3v) is 6.00. The van der Waals surface area contributed by atoms with Crippen molar-refractivity contribution < 1.29 is 4.39 Å². The first-order chi connectivity index (χ1) is 16.2. The second kappa shape index (κ2) is 7.70. The first kappa shape index (κ1) is 19.4. The van der Waals surface area contributed by atoms with Crippen LogP contribution in [0.25, 0.3) is 44.4 Å². The summed E-state index contributed by atoms with van der Waals surface area (Å²) >= 11 is 0. The SMILES string of the molecule is CCC(c1ccc2ncccc2c1F)n1cnc2ncc(-c3cnc4ccccc4c3)nc21. The monoisotopic (exact) mass is 434 g/mol. The predicted molar refractivity (Wildman–Crippen MR) is 126 cm³/mol. The Morgan fingerprint density at radius 1 is 0.909 bits per heavy atom. The molecule has 1 atom stereocenters. The zero-order chi connectivity index (χ0) is 22.4. The highest BCUT2D eigenvalue weighted by Crippen LogP contribution is 2.31. The molecule has 0 aliphatic heterocycles. The van der Waals surface area contributed by atoms with Crippen molar-refractivity contribution in [1.29, 1.82) is 0 Å². The van der Waals surface area contributed by atoms with Crippen LogP contribution < -0.4 is 0 Å². The number of hydrogen-bond acceptors (Lipinski definition) is 5. The number of rotatable bonds is 4. The molecule has 4 aromatic heterocycles. The topological polar surface area (TPSA) is 69.4 Å². The van der Waals surface area contributed by atoms with Crippen molar-refractivity contribution in [2.24, 2.45) is 0 Å². The van der Waals surface area contributed by atoms with Gasteiger partial charge in [-0.05, 0) is 36.8 Å². The molecule has 6 aromatic rings. The highest BCUT2D eigenvalue weighted by Gasteiger charge is 2.21. The Bertz CT molecular complexity index is 1640. The van der Waals surface area contributed by atoms with Crippen molar-refractivity contribution in [3.63, 3.8) is 0 Å². The van der Waals surface area contributed by atoms with E-state index in [4.69, 9.17) is 4.98 Å². The van der Waals surface area contributed by atoms with Crippen LogP contribution in [0, 0.1) is 5.82 Å². The van der Waals surface area contributed by atoms with E-state index < -0.39 is 0 Å². The Labute approximate surface area is 188 Å². The summed E-state index contributed by atoms with van der Waals surface area (Å²) in [5.74, 6) is -0.267. The second-order valence-corrected chi connectivity index (χ2v) is 7.93. The van der Waals surface area contributed by atoms with Crippen LogP contribution in [0.15, 0.2) is 79.5 Å². The molecule has 33 heavy (non-hydrogen) atoms. The van der Waals surface area contributed by atoms with E-state index in [2.05, 4.69) is 19.9 Å². The van der Waals surface area contributed by atoms with E-state index in [0.717, 1.165) is 16.5 Å². The van der Waals surface area contributed by atoms with Gasteiger partial charge in [-0.3, -0.25) is 9.97 Å². The zero-order valence-electron chi connectivity index (χ0n) is 17.9. The van der Waals surface area contributed by atoms with E-state index >= 15 is 4.39 Å². The fourth-order valence-corrected chi connectivity index (χ4v) is 4.34. The van der Waals surface area contributed by atoms with Crippen LogP contribution in [-0.2, 0) is 0 Å². The highest BCUT2D eigenvalue weighted by molar-refractivity contribution is 5.83. The summed E-state index contributed by atoms with van der Waals surface area (Å²) in [6.45, 7) is 2.02. The molecule has 2 aromatic carbocycles. The van der Waals surface area contributed by atoms with Gasteiger partial charge in [-0.1, -0.05) is 31.2 Å². The molecule has 0 radical (unpaired) electrons. The lowest BCUT2D eigenvalue weighted by molar-refractivity contribution is 0.531. The minimum atomic E-state index is -0.279. The molecule has 0 saturated carbocycles. The van der Waals surface area contributed by atoms with Crippen LogP contribution >= 0.6 is 0 Å². The number of para-hydroxylation sites is 1. The molecule has 4 heterocycles. The van der Waals surface area contributed by atoms with Crippen LogP contribution in [0.4, 0.5) is 4.39 Å². The number of benzene rings is 2. The molecule has 0 bridgehead atoms. The highest BCUT2D eigenvalue weighted by atomic mass is 19.1. The lowest BCUT2D eigenvalue weighted by atomic mass is 10.0. The molecular formula is C26H19FN6. The van der Waals surface area contributed by atoms with Crippen LogP contribution in [-0.4, -0.2) is 29.5 Å². The average molecular weight is 434 g/mol. The second-order valence-electron chi connectivity index (χ2n) is 7.93. The van der Waals surface area contributed by atoms with Gasteiger partial charge in [0.25, 0.3) is 0 Å². The Balaban J connectivity index is 1.48. The number of imidazole rings is 1. The maximum Gasteiger partial charge on any atom is 0.197 e. The van der Waals surface area contributed by atoms with Crippen LogP contribution in [0.1, 0.15) is 24.9 Å². The number of aromatic nitrogens is 6. The van der Waals surface area contributed by atoms with Gasteiger partial charge in [-0.2, -0.15) is 0 Å². The lowest BCUT2D eigenvalue weighted by Gasteiger charge is -2.19. The van der Waals surface area contributed by atoms with Gasteiger partial charge in [0, 0.05) is 34.3 Å². The maximum absolute atomic E-state index is 15.5. The molecule has 0 aliphatic carbocycles. The van der Waals surface area contributed by atoms with E-state index in [1.54, 1.807) is 43.1 Å². The third kappa shape index (κ3) is 3.20. The van der Waals surface area contributed by atoms with Gasteiger partial charge in [0.15, 0.2) is 11.3 Å². The van der Waals surface area contributed by atoms with E-state index in [1.807, 2.05) is 47.9 Å². The Hall–Kier alpha value is -4.26. The summed E-state index contributed by atoms with van der Waals surface area (Å²) in [6.07, 6.45) is 7.52. The predicted octanol–water partition coefficient (Wildman–Crippen LogP) is 5.73.